The van der Waals surface area contributed by atoms with Crippen LogP contribution in [0.1, 0.15) is 29.4 Å². The van der Waals surface area contributed by atoms with Gasteiger partial charge in [0.25, 0.3) is 0 Å². The Kier molecular flexibility index (Phi) is 5.28. The van der Waals surface area contributed by atoms with E-state index in [1.807, 2.05) is 6.92 Å². The highest BCUT2D eigenvalue weighted by Crippen LogP contribution is 2.26. The normalized spacial score (nSPS) is 11.3. The van der Waals surface area contributed by atoms with Crippen LogP contribution in [0.25, 0.3) is 11.3 Å². The Labute approximate surface area is 140 Å². The van der Waals surface area contributed by atoms with Gasteiger partial charge in [0, 0.05) is 12.6 Å². The zero-order valence-corrected chi connectivity index (χ0v) is 14.5. The number of aromatic nitrogens is 2. The Morgan fingerprint density at radius 1 is 1.21 bits per heavy atom. The van der Waals surface area contributed by atoms with Crippen LogP contribution >= 0.6 is 0 Å². The lowest BCUT2D eigenvalue weighted by atomic mass is 10.0. The van der Waals surface area contributed by atoms with Gasteiger partial charge in [-0.2, -0.15) is 0 Å². The molecule has 1 aromatic heterocycles. The summed E-state index contributed by atoms with van der Waals surface area (Å²) >= 11 is 0. The topological polar surface area (TPSA) is 80.2 Å². The van der Waals surface area contributed by atoms with E-state index in [0.29, 0.717) is 24.0 Å². The van der Waals surface area contributed by atoms with Gasteiger partial charge >= 0.3 is 0 Å². The van der Waals surface area contributed by atoms with Crippen molar-refractivity contribution in [1.82, 2.24) is 9.97 Å². The van der Waals surface area contributed by atoms with Gasteiger partial charge in [0.15, 0.2) is 6.29 Å². The second kappa shape index (κ2) is 7.04. The molecule has 24 heavy (non-hydrogen) atoms. The van der Waals surface area contributed by atoms with Gasteiger partial charge in [0.2, 0.25) is 16.0 Å². The van der Waals surface area contributed by atoms with Gasteiger partial charge < -0.3 is 0 Å². The second-order valence-electron chi connectivity index (χ2n) is 5.34. The van der Waals surface area contributed by atoms with Crippen molar-refractivity contribution in [3.8, 4) is 11.3 Å². The molecule has 6 nitrogen and oxygen atoms in total. The third-order valence-electron chi connectivity index (χ3n) is 3.51. The minimum Gasteiger partial charge on any atom is -0.298 e. The number of sulfonamides is 1. The summed E-state index contributed by atoms with van der Waals surface area (Å²) in [4.78, 5) is 20.0. The summed E-state index contributed by atoms with van der Waals surface area (Å²) < 4.78 is 37.7. The first-order valence-corrected chi connectivity index (χ1v) is 9.18. The maximum atomic E-state index is 13.2. The molecule has 0 aliphatic heterocycles. The predicted molar refractivity (Wildman–Crippen MR) is 90.1 cm³/mol. The van der Waals surface area contributed by atoms with E-state index in [-0.39, 0.29) is 17.2 Å². The van der Waals surface area contributed by atoms with Gasteiger partial charge in [0.05, 0.1) is 23.2 Å². The van der Waals surface area contributed by atoms with E-state index in [9.17, 15) is 17.6 Å². The number of carbonyl (C=O) groups excluding carboxylic acids is 1. The van der Waals surface area contributed by atoms with Crippen LogP contribution in [0.2, 0.25) is 0 Å². The summed E-state index contributed by atoms with van der Waals surface area (Å²) in [6.45, 7) is 1.92. The molecular formula is C16H18FN3O3S. The molecule has 8 heteroatoms. The van der Waals surface area contributed by atoms with Gasteiger partial charge in [-0.25, -0.2) is 27.1 Å². The van der Waals surface area contributed by atoms with Crippen molar-refractivity contribution < 1.29 is 17.6 Å². The van der Waals surface area contributed by atoms with E-state index < -0.39 is 15.8 Å². The zero-order valence-electron chi connectivity index (χ0n) is 13.7. The van der Waals surface area contributed by atoms with Gasteiger partial charge in [-0.1, -0.05) is 13.3 Å². The number of aryl methyl sites for hydroxylation is 1. The number of anilines is 1. The van der Waals surface area contributed by atoms with Crippen LogP contribution in [0.15, 0.2) is 24.3 Å². The predicted octanol–water partition coefficient (Wildman–Crippen LogP) is 2.44. The maximum absolute atomic E-state index is 13.2. The van der Waals surface area contributed by atoms with Crippen LogP contribution in [-0.4, -0.2) is 38.0 Å². The first-order chi connectivity index (χ1) is 11.3. The van der Waals surface area contributed by atoms with Crippen molar-refractivity contribution in [2.24, 2.45) is 0 Å². The molecule has 0 radical (unpaired) electrons. The van der Waals surface area contributed by atoms with E-state index in [4.69, 9.17) is 0 Å². The van der Waals surface area contributed by atoms with Crippen molar-refractivity contribution in [3.63, 3.8) is 0 Å². The summed E-state index contributed by atoms with van der Waals surface area (Å²) in [6.07, 6.45) is 2.91. The number of halogens is 1. The minimum atomic E-state index is -3.55. The molecule has 0 bridgehead atoms. The number of hydrogen-bond donors (Lipinski definition) is 0. The number of benzene rings is 1. The Morgan fingerprint density at radius 3 is 2.33 bits per heavy atom. The Morgan fingerprint density at radius 2 is 1.83 bits per heavy atom. The average molecular weight is 351 g/mol. The average Bonchev–Trinajstić information content (AvgIpc) is 2.53. The van der Waals surface area contributed by atoms with E-state index >= 15 is 0 Å². The second-order valence-corrected chi connectivity index (χ2v) is 7.35. The minimum absolute atomic E-state index is 0.0223. The number of carbonyl (C=O) groups is 1. The molecule has 0 fully saturated rings. The van der Waals surface area contributed by atoms with Crippen molar-refractivity contribution in [3.05, 3.63) is 41.3 Å². The van der Waals surface area contributed by atoms with Gasteiger partial charge in [-0.3, -0.25) is 4.79 Å². The van der Waals surface area contributed by atoms with E-state index in [1.165, 1.54) is 31.3 Å². The number of rotatable bonds is 6. The number of nitrogens with zero attached hydrogens (tertiary/aromatic N) is 3. The highest BCUT2D eigenvalue weighted by Gasteiger charge is 2.21. The van der Waals surface area contributed by atoms with Crippen LogP contribution < -0.4 is 4.31 Å². The SMILES string of the molecule is CCCc1nc(N(C)S(C)(=O)=O)nc(-c2ccc(F)cc2)c1C=O. The molecule has 0 atom stereocenters. The Balaban J connectivity index is 2.73. The van der Waals surface area contributed by atoms with Crippen molar-refractivity contribution >= 4 is 22.3 Å². The third kappa shape index (κ3) is 3.76. The molecule has 0 spiro atoms. The Hall–Kier alpha value is -2.35. The largest absolute Gasteiger partial charge is 0.298 e. The quantitative estimate of drug-likeness (QED) is 0.747. The van der Waals surface area contributed by atoms with Gasteiger partial charge in [0.1, 0.15) is 5.82 Å². The fourth-order valence-electron chi connectivity index (χ4n) is 2.17. The summed E-state index contributed by atoms with van der Waals surface area (Å²) in [6, 6.07) is 5.49. The molecule has 0 aliphatic rings. The fourth-order valence-corrected chi connectivity index (χ4v) is 2.55. The van der Waals surface area contributed by atoms with Crippen LogP contribution in [0.4, 0.5) is 10.3 Å². The zero-order chi connectivity index (χ0) is 17.9. The van der Waals surface area contributed by atoms with Crippen LogP contribution in [0.5, 0.6) is 0 Å². The van der Waals surface area contributed by atoms with E-state index in [0.717, 1.165) is 17.0 Å². The molecule has 0 aliphatic carbocycles. The molecule has 2 aromatic rings. The monoisotopic (exact) mass is 351 g/mol. The molecule has 0 N–H and O–H groups in total. The molecule has 1 aromatic carbocycles. The van der Waals surface area contributed by atoms with Gasteiger partial charge in [-0.15, -0.1) is 0 Å². The lowest BCUT2D eigenvalue weighted by molar-refractivity contribution is 0.112. The van der Waals surface area contributed by atoms with Gasteiger partial charge in [-0.05, 0) is 30.7 Å². The summed E-state index contributed by atoms with van der Waals surface area (Å²) in [5.41, 5.74) is 1.55. The highest BCUT2D eigenvalue weighted by atomic mass is 32.2. The molecule has 128 valence electrons. The third-order valence-corrected chi connectivity index (χ3v) is 4.67. The molecule has 1 heterocycles. The standard InChI is InChI=1S/C16H18FN3O3S/c1-4-5-14-13(10-21)15(11-6-8-12(17)9-7-11)19-16(18-14)20(2)24(3,22)23/h6-10H,4-5H2,1-3H3. The summed E-state index contributed by atoms with van der Waals surface area (Å²) in [5, 5.41) is 0. The van der Waals surface area contributed by atoms with Crippen molar-refractivity contribution in [2.45, 2.75) is 19.8 Å². The molecular weight excluding hydrogens is 333 g/mol. The van der Waals surface area contributed by atoms with Crippen LogP contribution in [0, 0.1) is 5.82 Å². The molecule has 0 saturated carbocycles. The van der Waals surface area contributed by atoms with Crippen LogP contribution in [0.3, 0.4) is 0 Å². The highest BCUT2D eigenvalue weighted by molar-refractivity contribution is 7.92. The maximum Gasteiger partial charge on any atom is 0.239 e. The summed E-state index contributed by atoms with van der Waals surface area (Å²) in [5.74, 6) is -0.436. The van der Waals surface area contributed by atoms with Crippen molar-refractivity contribution in [2.75, 3.05) is 17.6 Å². The van der Waals surface area contributed by atoms with Crippen LogP contribution in [-0.2, 0) is 16.4 Å². The lowest BCUT2D eigenvalue weighted by Crippen LogP contribution is -2.27. The molecule has 0 unspecified atom stereocenters. The van der Waals surface area contributed by atoms with E-state index in [2.05, 4.69) is 9.97 Å². The number of aldehydes is 1. The molecule has 0 amide bonds. The first kappa shape index (κ1) is 18.0. The smallest absolute Gasteiger partial charge is 0.239 e. The molecule has 2 rings (SSSR count). The molecule has 0 saturated heterocycles. The Bertz CT molecular complexity index is 852. The lowest BCUT2D eigenvalue weighted by Gasteiger charge is -2.18. The van der Waals surface area contributed by atoms with E-state index in [1.54, 1.807) is 0 Å². The first-order valence-electron chi connectivity index (χ1n) is 7.33. The summed E-state index contributed by atoms with van der Waals surface area (Å²) in [7, 11) is -2.21. The number of hydrogen-bond acceptors (Lipinski definition) is 5. The van der Waals surface area contributed by atoms with Crippen molar-refractivity contribution in [1.29, 1.82) is 0 Å². The fraction of sp³-hybridized carbons (Fsp3) is 0.312.